The second-order valence-corrected chi connectivity index (χ2v) is 7.99. The predicted octanol–water partition coefficient (Wildman–Crippen LogP) is 7.94. The third-order valence-corrected chi connectivity index (χ3v) is 5.54. The summed E-state index contributed by atoms with van der Waals surface area (Å²) in [4.78, 5) is 2.27. The van der Waals surface area contributed by atoms with E-state index in [9.17, 15) is 0 Å². The van der Waals surface area contributed by atoms with Gasteiger partial charge in [-0.3, -0.25) is 0 Å². The average Bonchev–Trinajstić information content (AvgIpc) is 2.65. The van der Waals surface area contributed by atoms with Crippen LogP contribution in [-0.4, -0.2) is 0 Å². The monoisotopic (exact) mass is 465 g/mol. The molecule has 4 aromatic carbocycles. The molecule has 0 amide bonds. The summed E-state index contributed by atoms with van der Waals surface area (Å²) in [5, 5.41) is 2.42. The van der Waals surface area contributed by atoms with Crippen LogP contribution in [0.3, 0.4) is 0 Å². The van der Waals surface area contributed by atoms with Gasteiger partial charge in [-0.25, -0.2) is 0 Å². The maximum atomic E-state index is 6.20. The molecule has 4 heteroatoms. The van der Waals surface area contributed by atoms with Crippen LogP contribution in [0.2, 0.25) is 0 Å². The number of hydrogen-bond donors (Lipinski definition) is 0. The van der Waals surface area contributed by atoms with Crippen LogP contribution in [0, 0.1) is 0 Å². The molecule has 5 rings (SSSR count). The van der Waals surface area contributed by atoms with E-state index < -0.39 is 0 Å². The van der Waals surface area contributed by atoms with Crippen LogP contribution < -0.4 is 9.64 Å². The Kier molecular flexibility index (Phi) is 3.76. The van der Waals surface area contributed by atoms with E-state index in [-0.39, 0.29) is 0 Å². The maximum Gasteiger partial charge on any atom is 0.152 e. The van der Waals surface area contributed by atoms with E-state index in [1.54, 1.807) is 0 Å². The molecule has 0 N–H and O–H groups in total. The van der Waals surface area contributed by atoms with Crippen molar-refractivity contribution in [1.82, 2.24) is 0 Å². The zero-order valence-electron chi connectivity index (χ0n) is 13.6. The Morgan fingerprint density at radius 2 is 1.23 bits per heavy atom. The third-order valence-electron chi connectivity index (χ3n) is 4.55. The lowest BCUT2D eigenvalue weighted by Gasteiger charge is -2.33. The molecule has 26 heavy (non-hydrogen) atoms. The quantitative estimate of drug-likeness (QED) is 0.248. The highest BCUT2D eigenvalue weighted by Crippen LogP contribution is 2.52. The van der Waals surface area contributed by atoms with E-state index in [0.717, 1.165) is 37.5 Å². The third kappa shape index (κ3) is 2.52. The summed E-state index contributed by atoms with van der Waals surface area (Å²) < 4.78 is 8.19. The lowest BCUT2D eigenvalue weighted by molar-refractivity contribution is 0.476. The Balaban J connectivity index is 1.83. The lowest BCUT2D eigenvalue weighted by Crippen LogP contribution is -2.16. The van der Waals surface area contributed by atoms with Gasteiger partial charge in [0.05, 0.1) is 17.1 Å². The number of ether oxygens (including phenoxy) is 1. The molecule has 0 saturated carbocycles. The number of halogens is 2. The summed E-state index contributed by atoms with van der Waals surface area (Å²) in [5.74, 6) is 1.66. The number of nitrogens with zero attached hydrogens (tertiary/aromatic N) is 1. The van der Waals surface area contributed by atoms with E-state index in [2.05, 4.69) is 91.4 Å². The molecule has 1 aliphatic heterocycles. The topological polar surface area (TPSA) is 12.5 Å². The van der Waals surface area contributed by atoms with Crippen molar-refractivity contribution in [1.29, 1.82) is 0 Å². The Morgan fingerprint density at radius 3 is 1.92 bits per heavy atom. The molecular weight excluding hydrogens is 454 g/mol. The smallest absolute Gasteiger partial charge is 0.152 e. The van der Waals surface area contributed by atoms with E-state index in [4.69, 9.17) is 4.74 Å². The molecule has 0 radical (unpaired) electrons. The molecule has 0 aromatic heterocycles. The van der Waals surface area contributed by atoms with E-state index in [0.29, 0.717) is 0 Å². The molecule has 1 heterocycles. The largest absolute Gasteiger partial charge is 0.453 e. The van der Waals surface area contributed by atoms with Crippen LogP contribution in [0.4, 0.5) is 17.1 Å². The van der Waals surface area contributed by atoms with Crippen molar-refractivity contribution in [3.63, 3.8) is 0 Å². The number of rotatable bonds is 1. The first kappa shape index (κ1) is 15.9. The van der Waals surface area contributed by atoms with Crippen molar-refractivity contribution in [3.8, 4) is 11.5 Å². The first-order valence-corrected chi connectivity index (χ1v) is 9.84. The van der Waals surface area contributed by atoms with Crippen LogP contribution in [0.1, 0.15) is 0 Å². The number of benzene rings is 4. The molecule has 0 atom stereocenters. The maximum absolute atomic E-state index is 6.20. The SMILES string of the molecule is Brc1ccc2c(c1)Oc1cc(Br)ccc1N2c1cccc2ccccc12. The van der Waals surface area contributed by atoms with Gasteiger partial charge in [0.15, 0.2) is 11.5 Å². The zero-order chi connectivity index (χ0) is 17.7. The van der Waals surface area contributed by atoms with E-state index >= 15 is 0 Å². The number of fused-ring (bicyclic) bond motifs is 3. The molecule has 0 bridgehead atoms. The second-order valence-electron chi connectivity index (χ2n) is 6.16. The normalized spacial score (nSPS) is 12.5. The van der Waals surface area contributed by atoms with Gasteiger partial charge in [-0.05, 0) is 47.9 Å². The molecule has 4 aromatic rings. The molecule has 2 nitrogen and oxygen atoms in total. The highest BCUT2D eigenvalue weighted by molar-refractivity contribution is 9.10. The Bertz CT molecular complexity index is 1100. The summed E-state index contributed by atoms with van der Waals surface area (Å²) in [6, 6.07) is 27.2. The summed E-state index contributed by atoms with van der Waals surface area (Å²) in [7, 11) is 0. The molecule has 126 valence electrons. The van der Waals surface area contributed by atoms with Gasteiger partial charge in [0.2, 0.25) is 0 Å². The van der Waals surface area contributed by atoms with Gasteiger partial charge in [0, 0.05) is 14.3 Å². The summed E-state index contributed by atoms with van der Waals surface area (Å²) in [6.45, 7) is 0. The van der Waals surface area contributed by atoms with Crippen LogP contribution in [0.15, 0.2) is 87.8 Å². The standard InChI is InChI=1S/C22H13Br2NO/c23-15-8-10-19-21(12-15)26-22-13-16(24)9-11-20(22)25(19)18-7-3-5-14-4-1-2-6-17(14)18/h1-13H. The molecule has 0 unspecified atom stereocenters. The van der Waals surface area contributed by atoms with Crippen molar-refractivity contribution in [3.05, 3.63) is 87.8 Å². The minimum atomic E-state index is 0.831. The molecule has 0 aliphatic carbocycles. The highest BCUT2D eigenvalue weighted by atomic mass is 79.9. The zero-order valence-corrected chi connectivity index (χ0v) is 16.8. The van der Waals surface area contributed by atoms with Gasteiger partial charge in [-0.15, -0.1) is 0 Å². The van der Waals surface area contributed by atoms with Crippen LogP contribution in [0.5, 0.6) is 11.5 Å². The Hall–Kier alpha value is -2.30. The van der Waals surface area contributed by atoms with Gasteiger partial charge < -0.3 is 9.64 Å². The van der Waals surface area contributed by atoms with Crippen molar-refractivity contribution < 1.29 is 4.74 Å². The summed E-state index contributed by atoms with van der Waals surface area (Å²) >= 11 is 7.11. The van der Waals surface area contributed by atoms with Gasteiger partial charge in [-0.1, -0.05) is 68.3 Å². The fraction of sp³-hybridized carbons (Fsp3) is 0. The summed E-state index contributed by atoms with van der Waals surface area (Å²) in [5.41, 5.74) is 3.19. The predicted molar refractivity (Wildman–Crippen MR) is 114 cm³/mol. The molecular formula is C22H13Br2NO. The Labute approximate surface area is 168 Å². The first-order chi connectivity index (χ1) is 12.7. The van der Waals surface area contributed by atoms with Gasteiger partial charge >= 0.3 is 0 Å². The lowest BCUT2D eigenvalue weighted by atomic mass is 10.1. The minimum absolute atomic E-state index is 0.831. The van der Waals surface area contributed by atoms with Crippen LogP contribution in [-0.2, 0) is 0 Å². The first-order valence-electron chi connectivity index (χ1n) is 8.25. The second kappa shape index (κ2) is 6.15. The average molecular weight is 467 g/mol. The van der Waals surface area contributed by atoms with Gasteiger partial charge in [0.25, 0.3) is 0 Å². The van der Waals surface area contributed by atoms with Crippen molar-refractivity contribution in [2.45, 2.75) is 0 Å². The van der Waals surface area contributed by atoms with E-state index in [1.807, 2.05) is 24.3 Å². The van der Waals surface area contributed by atoms with Crippen molar-refractivity contribution in [2.24, 2.45) is 0 Å². The van der Waals surface area contributed by atoms with E-state index in [1.165, 1.54) is 10.8 Å². The Morgan fingerprint density at radius 1 is 0.615 bits per heavy atom. The fourth-order valence-corrected chi connectivity index (χ4v) is 4.10. The van der Waals surface area contributed by atoms with Crippen LogP contribution in [0.25, 0.3) is 10.8 Å². The number of hydrogen-bond acceptors (Lipinski definition) is 2. The highest BCUT2D eigenvalue weighted by Gasteiger charge is 2.27. The molecule has 1 aliphatic rings. The van der Waals surface area contributed by atoms with Crippen molar-refractivity contribution in [2.75, 3.05) is 4.90 Å². The molecule has 0 fully saturated rings. The molecule has 0 spiro atoms. The van der Waals surface area contributed by atoms with Crippen molar-refractivity contribution >= 4 is 59.7 Å². The fourth-order valence-electron chi connectivity index (χ4n) is 3.42. The van der Waals surface area contributed by atoms with Gasteiger partial charge in [-0.2, -0.15) is 0 Å². The molecule has 0 saturated heterocycles. The van der Waals surface area contributed by atoms with Gasteiger partial charge in [0.1, 0.15) is 0 Å². The van der Waals surface area contributed by atoms with Crippen LogP contribution >= 0.6 is 31.9 Å². The summed E-state index contributed by atoms with van der Waals surface area (Å²) in [6.07, 6.45) is 0. The minimum Gasteiger partial charge on any atom is -0.453 e. The number of anilines is 3.